The summed E-state index contributed by atoms with van der Waals surface area (Å²) in [5.74, 6) is 0.891. The maximum atomic E-state index is 6.06. The van der Waals surface area contributed by atoms with Gasteiger partial charge in [-0.05, 0) is 49.2 Å². The van der Waals surface area contributed by atoms with E-state index in [0.29, 0.717) is 5.02 Å². The molecule has 29 heavy (non-hydrogen) atoms. The molecule has 5 heteroatoms. The molecular weight excluding hydrogens is 380 g/mol. The Morgan fingerprint density at radius 2 is 1.76 bits per heavy atom. The highest BCUT2D eigenvalue weighted by Gasteiger charge is 2.04. The van der Waals surface area contributed by atoms with Crippen molar-refractivity contribution in [3.05, 3.63) is 94.7 Å². The maximum Gasteiger partial charge on any atom is 0.128 e. The van der Waals surface area contributed by atoms with E-state index in [1.165, 1.54) is 11.1 Å². The summed E-state index contributed by atoms with van der Waals surface area (Å²) >= 11 is 6.06. The molecule has 0 aliphatic heterocycles. The summed E-state index contributed by atoms with van der Waals surface area (Å²) in [4.78, 5) is 13.5. The predicted octanol–water partition coefficient (Wildman–Crippen LogP) is 5.62. The highest BCUT2D eigenvalue weighted by atomic mass is 35.5. The lowest BCUT2D eigenvalue weighted by molar-refractivity contribution is 0.789. The molecule has 4 nitrogen and oxygen atoms in total. The third-order valence-electron chi connectivity index (χ3n) is 4.87. The maximum absolute atomic E-state index is 6.06. The van der Waals surface area contributed by atoms with Crippen molar-refractivity contribution in [2.75, 3.05) is 11.9 Å². The summed E-state index contributed by atoms with van der Waals surface area (Å²) in [6, 6.07) is 18.4. The van der Waals surface area contributed by atoms with E-state index in [2.05, 4.69) is 46.5 Å². The van der Waals surface area contributed by atoms with Gasteiger partial charge in [-0.25, -0.2) is 9.97 Å². The molecule has 2 aromatic heterocycles. The Morgan fingerprint density at radius 3 is 2.62 bits per heavy atom. The number of halogens is 1. The molecule has 0 aliphatic rings. The van der Waals surface area contributed by atoms with E-state index < -0.39 is 0 Å². The SMILES string of the molecule is Cc1ccc(Cc2ccnc(CCCNc3ccnc4cc(Cl)ccc34)n2)cc1. The fourth-order valence-electron chi connectivity index (χ4n) is 3.32. The van der Waals surface area contributed by atoms with Crippen LogP contribution in [-0.2, 0) is 12.8 Å². The van der Waals surface area contributed by atoms with Crippen molar-refractivity contribution in [2.24, 2.45) is 0 Å². The van der Waals surface area contributed by atoms with Gasteiger partial charge < -0.3 is 5.32 Å². The molecule has 146 valence electrons. The summed E-state index contributed by atoms with van der Waals surface area (Å²) in [5, 5.41) is 5.27. The molecule has 0 spiro atoms. The first kappa shape index (κ1) is 19.3. The van der Waals surface area contributed by atoms with E-state index in [0.717, 1.165) is 53.9 Å². The summed E-state index contributed by atoms with van der Waals surface area (Å²) in [6.07, 6.45) is 6.28. The van der Waals surface area contributed by atoms with Gasteiger partial charge in [0.25, 0.3) is 0 Å². The normalized spacial score (nSPS) is 11.0. The second kappa shape index (κ2) is 9.01. The molecular formula is C24H23ClN4. The predicted molar refractivity (Wildman–Crippen MR) is 120 cm³/mol. The summed E-state index contributed by atoms with van der Waals surface area (Å²) in [6.45, 7) is 2.94. The fourth-order valence-corrected chi connectivity index (χ4v) is 3.49. The van der Waals surface area contributed by atoms with Crippen molar-refractivity contribution >= 4 is 28.2 Å². The number of nitrogens with one attached hydrogen (secondary N) is 1. The molecule has 2 heterocycles. The monoisotopic (exact) mass is 402 g/mol. The van der Waals surface area contributed by atoms with Gasteiger partial charge in [0.05, 0.1) is 5.52 Å². The Kier molecular flexibility index (Phi) is 6.01. The van der Waals surface area contributed by atoms with Gasteiger partial charge >= 0.3 is 0 Å². The molecule has 0 saturated carbocycles. The number of benzene rings is 2. The van der Waals surface area contributed by atoms with Gasteiger partial charge in [0, 0.05) is 53.6 Å². The van der Waals surface area contributed by atoms with Gasteiger partial charge in [-0.15, -0.1) is 0 Å². The average Bonchev–Trinajstić information content (AvgIpc) is 2.73. The number of hydrogen-bond donors (Lipinski definition) is 1. The Hall–Kier alpha value is -2.98. The molecule has 1 N–H and O–H groups in total. The topological polar surface area (TPSA) is 50.7 Å². The van der Waals surface area contributed by atoms with Crippen molar-refractivity contribution in [1.29, 1.82) is 0 Å². The third-order valence-corrected chi connectivity index (χ3v) is 5.10. The number of fused-ring (bicyclic) bond motifs is 1. The van der Waals surface area contributed by atoms with Crippen LogP contribution < -0.4 is 5.32 Å². The van der Waals surface area contributed by atoms with Crippen LogP contribution in [0.25, 0.3) is 10.9 Å². The molecule has 4 aromatic rings. The Labute approximate surface area is 176 Å². The lowest BCUT2D eigenvalue weighted by Crippen LogP contribution is -2.06. The molecule has 0 aliphatic carbocycles. The van der Waals surface area contributed by atoms with Gasteiger partial charge in [0.2, 0.25) is 0 Å². The van der Waals surface area contributed by atoms with Crippen molar-refractivity contribution in [3.8, 4) is 0 Å². The van der Waals surface area contributed by atoms with Crippen LogP contribution in [0.3, 0.4) is 0 Å². The first-order chi connectivity index (χ1) is 14.2. The highest BCUT2D eigenvalue weighted by Crippen LogP contribution is 2.24. The minimum absolute atomic E-state index is 0.699. The Bertz CT molecular complexity index is 1110. The molecule has 0 atom stereocenters. The molecule has 0 fully saturated rings. The summed E-state index contributed by atoms with van der Waals surface area (Å²) in [5.41, 5.74) is 5.57. The molecule has 0 radical (unpaired) electrons. The van der Waals surface area contributed by atoms with Gasteiger partial charge in [-0.1, -0.05) is 41.4 Å². The van der Waals surface area contributed by atoms with Crippen molar-refractivity contribution in [1.82, 2.24) is 15.0 Å². The second-order valence-corrected chi connectivity index (χ2v) is 7.61. The van der Waals surface area contributed by atoms with E-state index >= 15 is 0 Å². The van der Waals surface area contributed by atoms with Gasteiger partial charge in [-0.2, -0.15) is 0 Å². The van der Waals surface area contributed by atoms with Gasteiger partial charge in [0.15, 0.2) is 0 Å². The Balaban J connectivity index is 1.34. The zero-order chi connectivity index (χ0) is 20.1. The van der Waals surface area contributed by atoms with Crippen LogP contribution in [0.15, 0.2) is 67.0 Å². The minimum Gasteiger partial charge on any atom is -0.384 e. The van der Waals surface area contributed by atoms with Crippen LogP contribution in [0.1, 0.15) is 29.1 Å². The molecule has 0 amide bonds. The standard InChI is InChI=1S/C24H23ClN4/c1-17-4-6-18(7-5-17)15-20-10-13-28-24(29-20)3-2-12-26-22-11-14-27-23-16-19(25)8-9-21(22)23/h4-11,13-14,16H,2-3,12,15H2,1H3,(H,26,27). The summed E-state index contributed by atoms with van der Waals surface area (Å²) in [7, 11) is 0. The van der Waals surface area contributed by atoms with E-state index in [-0.39, 0.29) is 0 Å². The first-order valence-electron chi connectivity index (χ1n) is 9.82. The number of anilines is 1. The lowest BCUT2D eigenvalue weighted by atomic mass is 10.1. The second-order valence-electron chi connectivity index (χ2n) is 7.18. The van der Waals surface area contributed by atoms with Gasteiger partial charge in [0.1, 0.15) is 5.82 Å². The molecule has 0 saturated heterocycles. The summed E-state index contributed by atoms with van der Waals surface area (Å²) < 4.78 is 0. The average molecular weight is 403 g/mol. The van der Waals surface area contributed by atoms with Gasteiger partial charge in [-0.3, -0.25) is 4.98 Å². The van der Waals surface area contributed by atoms with Crippen molar-refractivity contribution in [2.45, 2.75) is 26.2 Å². The van der Waals surface area contributed by atoms with Crippen LogP contribution in [0.5, 0.6) is 0 Å². The minimum atomic E-state index is 0.699. The molecule has 0 bridgehead atoms. The van der Waals surface area contributed by atoms with Crippen LogP contribution in [0.4, 0.5) is 5.69 Å². The van der Waals surface area contributed by atoms with E-state index in [9.17, 15) is 0 Å². The molecule has 2 aromatic carbocycles. The van der Waals surface area contributed by atoms with Crippen molar-refractivity contribution < 1.29 is 0 Å². The highest BCUT2D eigenvalue weighted by molar-refractivity contribution is 6.31. The zero-order valence-corrected chi connectivity index (χ0v) is 17.2. The van der Waals surface area contributed by atoms with E-state index in [4.69, 9.17) is 16.6 Å². The lowest BCUT2D eigenvalue weighted by Gasteiger charge is -2.09. The number of aromatic nitrogens is 3. The number of pyridine rings is 1. The number of hydrogen-bond acceptors (Lipinski definition) is 4. The number of rotatable bonds is 7. The van der Waals surface area contributed by atoms with Crippen LogP contribution in [0, 0.1) is 6.92 Å². The Morgan fingerprint density at radius 1 is 0.931 bits per heavy atom. The van der Waals surface area contributed by atoms with Crippen LogP contribution >= 0.6 is 11.6 Å². The largest absolute Gasteiger partial charge is 0.384 e. The number of nitrogens with zero attached hydrogens (tertiary/aromatic N) is 3. The molecule has 4 rings (SSSR count). The van der Waals surface area contributed by atoms with Crippen molar-refractivity contribution in [3.63, 3.8) is 0 Å². The zero-order valence-electron chi connectivity index (χ0n) is 16.4. The fraction of sp³-hybridized carbons (Fsp3) is 0.208. The van der Waals surface area contributed by atoms with E-state index in [1.807, 2.05) is 36.5 Å². The molecule has 0 unspecified atom stereocenters. The third kappa shape index (κ3) is 5.09. The smallest absolute Gasteiger partial charge is 0.128 e. The van der Waals surface area contributed by atoms with Crippen LogP contribution in [0.2, 0.25) is 5.02 Å². The van der Waals surface area contributed by atoms with E-state index in [1.54, 1.807) is 6.20 Å². The van der Waals surface area contributed by atoms with Crippen LogP contribution in [-0.4, -0.2) is 21.5 Å². The first-order valence-corrected chi connectivity index (χ1v) is 10.2. The number of aryl methyl sites for hydroxylation is 2. The quantitative estimate of drug-likeness (QED) is 0.407.